The Morgan fingerprint density at radius 3 is 1.71 bits per heavy atom. The lowest BCUT2D eigenvalue weighted by molar-refractivity contribution is 0.302. The van der Waals surface area contributed by atoms with Crippen molar-refractivity contribution < 1.29 is 12.8 Å². The molecule has 0 amide bonds. The number of sulfonamides is 1. The van der Waals surface area contributed by atoms with Crippen LogP contribution in [0.3, 0.4) is 0 Å². The van der Waals surface area contributed by atoms with Gasteiger partial charge in [-0.15, -0.1) is 0 Å². The highest BCUT2D eigenvalue weighted by molar-refractivity contribution is 7.92. The van der Waals surface area contributed by atoms with E-state index < -0.39 is 18.3 Å². The monoisotopic (exact) mass is 453 g/mol. The second-order valence-electron chi connectivity index (χ2n) is 8.83. The lowest BCUT2D eigenvalue weighted by Gasteiger charge is -2.43. The van der Waals surface area contributed by atoms with E-state index in [2.05, 4.69) is 74.0 Å². The quantitative estimate of drug-likeness (QED) is 0.521. The summed E-state index contributed by atoms with van der Waals surface area (Å²) in [5, 5.41) is 2.47. The van der Waals surface area contributed by atoms with E-state index in [4.69, 9.17) is 4.43 Å². The van der Waals surface area contributed by atoms with Gasteiger partial charge in [-0.1, -0.05) is 93.6 Å². The minimum atomic E-state index is -3.27. The maximum Gasteiger partial charge on any atom is 0.261 e. The first kappa shape index (κ1) is 23.3. The number of hydrogen-bond donors (Lipinski definition) is 1. The Bertz CT molecular complexity index is 1040. The van der Waals surface area contributed by atoms with Crippen LogP contribution in [0, 0.1) is 0 Å². The van der Waals surface area contributed by atoms with Gasteiger partial charge >= 0.3 is 0 Å². The molecule has 0 bridgehead atoms. The van der Waals surface area contributed by atoms with Crippen molar-refractivity contribution in [1.82, 2.24) is 0 Å². The SMILES string of the molecule is CC(C)(C)[Si](OCCc1ccc(NS(C)(=O)=O)cc1)(c1ccccc1)c1ccccc1. The summed E-state index contributed by atoms with van der Waals surface area (Å²) in [4.78, 5) is 0. The predicted octanol–water partition coefficient (Wildman–Crippen LogP) is 4.18. The Kier molecular flexibility index (Phi) is 7.04. The smallest absolute Gasteiger partial charge is 0.261 e. The molecule has 3 aromatic carbocycles. The van der Waals surface area contributed by atoms with Crippen molar-refractivity contribution in [2.75, 3.05) is 17.6 Å². The summed E-state index contributed by atoms with van der Waals surface area (Å²) < 4.78 is 32.2. The van der Waals surface area contributed by atoms with Crippen molar-refractivity contribution in [1.29, 1.82) is 0 Å². The second kappa shape index (κ2) is 9.38. The third-order valence-electron chi connectivity index (χ3n) is 5.38. The molecule has 0 unspecified atom stereocenters. The molecule has 0 aliphatic rings. The van der Waals surface area contributed by atoms with Gasteiger partial charge in [0.2, 0.25) is 10.0 Å². The van der Waals surface area contributed by atoms with Crippen LogP contribution < -0.4 is 15.1 Å². The van der Waals surface area contributed by atoms with Crippen LogP contribution in [0.5, 0.6) is 0 Å². The Labute approximate surface area is 187 Å². The normalized spacial score (nSPS) is 12.5. The van der Waals surface area contributed by atoms with Crippen LogP contribution in [-0.2, 0) is 20.9 Å². The fraction of sp³-hybridized carbons (Fsp3) is 0.280. The molecule has 0 atom stereocenters. The Morgan fingerprint density at radius 2 is 1.29 bits per heavy atom. The molecular formula is C25H31NO3SSi. The molecule has 0 saturated heterocycles. The van der Waals surface area contributed by atoms with E-state index >= 15 is 0 Å². The van der Waals surface area contributed by atoms with Gasteiger partial charge in [-0.3, -0.25) is 4.72 Å². The summed E-state index contributed by atoms with van der Waals surface area (Å²) >= 11 is 0. The lowest BCUT2D eigenvalue weighted by Crippen LogP contribution is -2.66. The molecule has 0 spiro atoms. The molecule has 0 radical (unpaired) electrons. The first-order valence-corrected chi connectivity index (χ1v) is 14.2. The third-order valence-corrected chi connectivity index (χ3v) is 11.0. The van der Waals surface area contributed by atoms with Gasteiger partial charge in [0.1, 0.15) is 0 Å². The highest BCUT2D eigenvalue weighted by Gasteiger charge is 2.49. The molecule has 0 aliphatic heterocycles. The van der Waals surface area contributed by atoms with Crippen molar-refractivity contribution in [2.45, 2.75) is 32.2 Å². The molecule has 3 aromatic rings. The van der Waals surface area contributed by atoms with Crippen LogP contribution in [0.4, 0.5) is 5.69 Å². The first-order chi connectivity index (χ1) is 14.6. The lowest BCUT2D eigenvalue weighted by atomic mass is 10.1. The number of hydrogen-bond acceptors (Lipinski definition) is 3. The molecule has 31 heavy (non-hydrogen) atoms. The van der Waals surface area contributed by atoms with Gasteiger partial charge in [-0.2, -0.15) is 0 Å². The highest BCUT2D eigenvalue weighted by Crippen LogP contribution is 2.36. The minimum absolute atomic E-state index is 0.0566. The van der Waals surface area contributed by atoms with Gasteiger partial charge in [-0.25, -0.2) is 8.42 Å². The summed E-state index contributed by atoms with van der Waals surface area (Å²) in [6.07, 6.45) is 1.91. The zero-order valence-corrected chi connectivity index (χ0v) is 20.4. The molecular weight excluding hydrogens is 422 g/mol. The van der Waals surface area contributed by atoms with Gasteiger partial charge in [0.25, 0.3) is 8.32 Å². The highest BCUT2D eigenvalue weighted by atomic mass is 32.2. The third kappa shape index (κ3) is 5.64. The van der Waals surface area contributed by atoms with Crippen LogP contribution in [0.15, 0.2) is 84.9 Å². The first-order valence-electron chi connectivity index (χ1n) is 10.4. The summed E-state index contributed by atoms with van der Waals surface area (Å²) in [5.74, 6) is 0. The van der Waals surface area contributed by atoms with Gasteiger partial charge in [0.05, 0.1) is 6.26 Å². The zero-order chi connectivity index (χ0) is 22.5. The average Bonchev–Trinajstić information content (AvgIpc) is 2.72. The largest absolute Gasteiger partial charge is 0.407 e. The number of rotatable bonds is 8. The van der Waals surface area contributed by atoms with E-state index in [1.165, 1.54) is 10.4 Å². The molecule has 0 aromatic heterocycles. The number of nitrogens with one attached hydrogen (secondary N) is 1. The molecule has 3 rings (SSSR count). The van der Waals surface area contributed by atoms with Crippen LogP contribution in [-0.4, -0.2) is 29.6 Å². The molecule has 0 heterocycles. The minimum Gasteiger partial charge on any atom is -0.407 e. The van der Waals surface area contributed by atoms with Gasteiger partial charge < -0.3 is 4.43 Å². The Balaban J connectivity index is 1.86. The van der Waals surface area contributed by atoms with E-state index in [0.29, 0.717) is 12.3 Å². The molecule has 6 heteroatoms. The predicted molar refractivity (Wildman–Crippen MR) is 132 cm³/mol. The van der Waals surface area contributed by atoms with Crippen molar-refractivity contribution in [2.24, 2.45) is 0 Å². The van der Waals surface area contributed by atoms with E-state index in [1.807, 2.05) is 24.3 Å². The summed E-state index contributed by atoms with van der Waals surface area (Å²) in [7, 11) is -5.81. The second-order valence-corrected chi connectivity index (χ2v) is 14.9. The zero-order valence-electron chi connectivity index (χ0n) is 18.6. The Hall–Kier alpha value is -2.41. The summed E-state index contributed by atoms with van der Waals surface area (Å²) in [5.41, 5.74) is 1.68. The van der Waals surface area contributed by atoms with Crippen LogP contribution in [0.25, 0.3) is 0 Å². The molecule has 0 aliphatic carbocycles. The standard InChI is InChI=1S/C25H31NO3SSi/c1-25(2,3)31(23-11-7-5-8-12-23,24-13-9-6-10-14-24)29-20-19-21-15-17-22(18-16-21)26-30(4,27)28/h5-18,26H,19-20H2,1-4H3. The molecule has 0 fully saturated rings. The van der Waals surface area contributed by atoms with Crippen molar-refractivity contribution >= 4 is 34.4 Å². The molecule has 1 N–H and O–H groups in total. The maximum atomic E-state index is 11.4. The van der Waals surface area contributed by atoms with Crippen LogP contribution in [0.1, 0.15) is 26.3 Å². The molecule has 4 nitrogen and oxygen atoms in total. The molecule has 164 valence electrons. The van der Waals surface area contributed by atoms with Gasteiger partial charge in [0, 0.05) is 12.3 Å². The van der Waals surface area contributed by atoms with Crippen molar-refractivity contribution in [3.05, 3.63) is 90.5 Å². The average molecular weight is 454 g/mol. The van der Waals surface area contributed by atoms with Crippen molar-refractivity contribution in [3.8, 4) is 0 Å². The van der Waals surface area contributed by atoms with Crippen LogP contribution >= 0.6 is 0 Å². The Morgan fingerprint density at radius 1 is 0.806 bits per heavy atom. The molecule has 0 saturated carbocycles. The van der Waals surface area contributed by atoms with E-state index in [-0.39, 0.29) is 5.04 Å². The number of anilines is 1. The van der Waals surface area contributed by atoms with Gasteiger partial charge in [-0.05, 0) is 39.5 Å². The summed E-state index contributed by atoms with van der Waals surface area (Å²) in [6.45, 7) is 7.40. The van der Waals surface area contributed by atoms with E-state index in [0.717, 1.165) is 18.2 Å². The van der Waals surface area contributed by atoms with Crippen molar-refractivity contribution in [3.63, 3.8) is 0 Å². The van der Waals surface area contributed by atoms with Gasteiger partial charge in [0.15, 0.2) is 0 Å². The van der Waals surface area contributed by atoms with E-state index in [9.17, 15) is 8.42 Å². The van der Waals surface area contributed by atoms with E-state index in [1.54, 1.807) is 12.1 Å². The fourth-order valence-electron chi connectivity index (χ4n) is 4.04. The maximum absolute atomic E-state index is 11.4. The number of benzene rings is 3. The topological polar surface area (TPSA) is 55.4 Å². The summed E-state index contributed by atoms with van der Waals surface area (Å²) in [6, 6.07) is 28.7. The van der Waals surface area contributed by atoms with Crippen LogP contribution in [0.2, 0.25) is 5.04 Å². The fourth-order valence-corrected chi connectivity index (χ4v) is 9.17.